The fourth-order valence-electron chi connectivity index (χ4n) is 2.94. The van der Waals surface area contributed by atoms with Gasteiger partial charge in [0.25, 0.3) is 0 Å². The second kappa shape index (κ2) is 7.18. The highest BCUT2D eigenvalue weighted by molar-refractivity contribution is 5.78. The van der Waals surface area contributed by atoms with Crippen LogP contribution in [0, 0.1) is 11.6 Å². The lowest BCUT2D eigenvalue weighted by atomic mass is 10.0. The number of hydrogen-bond acceptors (Lipinski definition) is 2. The minimum atomic E-state index is -0.853. The lowest BCUT2D eigenvalue weighted by molar-refractivity contribution is -0.135. The molecule has 3 nitrogen and oxygen atoms in total. The molecular weight excluding hydrogens is 286 g/mol. The molecule has 5 heteroatoms. The number of hydrogen-bond donors (Lipinski definition) is 0. The van der Waals surface area contributed by atoms with Crippen LogP contribution in [0.1, 0.15) is 44.7 Å². The van der Waals surface area contributed by atoms with E-state index in [2.05, 4.69) is 6.92 Å². The molecule has 1 aliphatic rings. The SMILES string of the molecule is CC(c1ccc(F)c(F)c1)N(C)CC(=O)N1CCCCC1C. The molecule has 1 fully saturated rings. The van der Waals surface area contributed by atoms with Crippen LogP contribution in [0.15, 0.2) is 18.2 Å². The molecule has 0 saturated carbocycles. The van der Waals surface area contributed by atoms with Crippen molar-refractivity contribution in [3.05, 3.63) is 35.4 Å². The summed E-state index contributed by atoms with van der Waals surface area (Å²) in [5.41, 5.74) is 0.667. The topological polar surface area (TPSA) is 23.6 Å². The third-order valence-electron chi connectivity index (χ3n) is 4.60. The second-order valence-electron chi connectivity index (χ2n) is 6.20. The van der Waals surface area contributed by atoms with Crippen LogP contribution in [-0.2, 0) is 4.79 Å². The molecule has 0 spiro atoms. The molecule has 1 heterocycles. The molecule has 122 valence electrons. The number of nitrogens with zero attached hydrogens (tertiary/aromatic N) is 2. The van der Waals surface area contributed by atoms with E-state index in [4.69, 9.17) is 0 Å². The van der Waals surface area contributed by atoms with Gasteiger partial charge in [-0.05, 0) is 57.9 Å². The van der Waals surface area contributed by atoms with Gasteiger partial charge >= 0.3 is 0 Å². The Balaban J connectivity index is 1.99. The highest BCUT2D eigenvalue weighted by Gasteiger charge is 2.25. The van der Waals surface area contributed by atoms with Crippen LogP contribution in [0.25, 0.3) is 0 Å². The first-order chi connectivity index (χ1) is 10.4. The molecule has 0 bridgehead atoms. The summed E-state index contributed by atoms with van der Waals surface area (Å²) in [6, 6.07) is 4.02. The Labute approximate surface area is 130 Å². The Bertz CT molecular complexity index is 535. The van der Waals surface area contributed by atoms with Crippen molar-refractivity contribution in [1.82, 2.24) is 9.80 Å². The molecule has 2 atom stereocenters. The van der Waals surface area contributed by atoms with E-state index >= 15 is 0 Å². The lowest BCUT2D eigenvalue weighted by Crippen LogP contribution is -2.46. The first-order valence-corrected chi connectivity index (χ1v) is 7.84. The number of benzene rings is 1. The predicted molar refractivity (Wildman–Crippen MR) is 82.4 cm³/mol. The zero-order valence-electron chi connectivity index (χ0n) is 13.5. The van der Waals surface area contributed by atoms with Gasteiger partial charge in [-0.3, -0.25) is 9.69 Å². The van der Waals surface area contributed by atoms with Crippen molar-refractivity contribution in [3.63, 3.8) is 0 Å². The fraction of sp³-hybridized carbons (Fsp3) is 0.588. The number of halogens is 2. The van der Waals surface area contributed by atoms with E-state index in [0.717, 1.165) is 25.5 Å². The zero-order valence-corrected chi connectivity index (χ0v) is 13.5. The third-order valence-corrected chi connectivity index (χ3v) is 4.60. The number of likely N-dealkylation sites (N-methyl/N-ethyl adjacent to an activating group) is 1. The molecule has 1 aliphatic heterocycles. The van der Waals surface area contributed by atoms with E-state index in [0.29, 0.717) is 5.56 Å². The van der Waals surface area contributed by atoms with Crippen molar-refractivity contribution in [2.24, 2.45) is 0 Å². The van der Waals surface area contributed by atoms with Crippen LogP contribution in [0.2, 0.25) is 0 Å². The van der Waals surface area contributed by atoms with E-state index in [9.17, 15) is 13.6 Å². The molecule has 1 amide bonds. The summed E-state index contributed by atoms with van der Waals surface area (Å²) in [6.45, 7) is 5.06. The van der Waals surface area contributed by atoms with Crippen LogP contribution in [0.3, 0.4) is 0 Å². The fourth-order valence-corrected chi connectivity index (χ4v) is 2.94. The lowest BCUT2D eigenvalue weighted by Gasteiger charge is -2.35. The molecule has 1 aromatic rings. The van der Waals surface area contributed by atoms with Crippen LogP contribution < -0.4 is 0 Å². The average Bonchev–Trinajstić information content (AvgIpc) is 2.49. The normalized spacial score (nSPS) is 20.3. The number of carbonyl (C=O) groups is 1. The molecular formula is C17H24F2N2O. The minimum absolute atomic E-state index is 0.101. The van der Waals surface area contributed by atoms with Gasteiger partial charge in [0.2, 0.25) is 5.91 Å². The molecule has 0 aliphatic carbocycles. The quantitative estimate of drug-likeness (QED) is 0.851. The van der Waals surface area contributed by atoms with E-state index < -0.39 is 11.6 Å². The third kappa shape index (κ3) is 3.83. The summed E-state index contributed by atoms with van der Waals surface area (Å²) >= 11 is 0. The van der Waals surface area contributed by atoms with Gasteiger partial charge in [0.15, 0.2) is 11.6 Å². The molecule has 0 radical (unpaired) electrons. The smallest absolute Gasteiger partial charge is 0.236 e. The Morgan fingerprint density at radius 3 is 2.73 bits per heavy atom. The summed E-state index contributed by atoms with van der Waals surface area (Å²) in [6.07, 6.45) is 3.28. The summed E-state index contributed by atoms with van der Waals surface area (Å²) in [5.74, 6) is -1.60. The van der Waals surface area contributed by atoms with Gasteiger partial charge in [-0.15, -0.1) is 0 Å². The molecule has 0 N–H and O–H groups in total. The van der Waals surface area contributed by atoms with Crippen molar-refractivity contribution in [2.75, 3.05) is 20.1 Å². The summed E-state index contributed by atoms with van der Waals surface area (Å²) < 4.78 is 26.3. The van der Waals surface area contributed by atoms with Crippen molar-refractivity contribution < 1.29 is 13.6 Å². The first kappa shape index (κ1) is 16.9. The standard InChI is InChI=1S/C17H24F2N2O/c1-12-6-4-5-9-21(12)17(22)11-20(3)13(2)14-7-8-15(18)16(19)10-14/h7-8,10,12-13H,4-6,9,11H2,1-3H3. The van der Waals surface area contributed by atoms with Gasteiger partial charge in [0.05, 0.1) is 6.54 Å². The van der Waals surface area contributed by atoms with Crippen molar-refractivity contribution in [3.8, 4) is 0 Å². The number of amides is 1. The Morgan fingerprint density at radius 2 is 2.09 bits per heavy atom. The van der Waals surface area contributed by atoms with Crippen LogP contribution in [0.4, 0.5) is 8.78 Å². The maximum atomic E-state index is 13.3. The van der Waals surface area contributed by atoms with E-state index in [1.54, 1.807) is 6.07 Å². The number of rotatable bonds is 4. The van der Waals surface area contributed by atoms with Gasteiger partial charge in [0, 0.05) is 18.6 Å². The Morgan fingerprint density at radius 1 is 1.36 bits per heavy atom. The number of carbonyl (C=O) groups excluding carboxylic acids is 1. The van der Waals surface area contributed by atoms with Crippen LogP contribution >= 0.6 is 0 Å². The highest BCUT2D eigenvalue weighted by Crippen LogP contribution is 2.22. The average molecular weight is 310 g/mol. The van der Waals surface area contributed by atoms with Gasteiger partial charge in [-0.1, -0.05) is 6.07 Å². The maximum Gasteiger partial charge on any atom is 0.236 e. The van der Waals surface area contributed by atoms with E-state index in [1.165, 1.54) is 12.5 Å². The van der Waals surface area contributed by atoms with Gasteiger partial charge < -0.3 is 4.90 Å². The Hall–Kier alpha value is -1.49. The van der Waals surface area contributed by atoms with Crippen molar-refractivity contribution in [1.29, 1.82) is 0 Å². The highest BCUT2D eigenvalue weighted by atomic mass is 19.2. The van der Waals surface area contributed by atoms with Crippen molar-refractivity contribution >= 4 is 5.91 Å². The first-order valence-electron chi connectivity index (χ1n) is 7.84. The zero-order chi connectivity index (χ0) is 16.3. The summed E-state index contributed by atoms with van der Waals surface area (Å²) in [7, 11) is 1.83. The largest absolute Gasteiger partial charge is 0.339 e. The van der Waals surface area contributed by atoms with Gasteiger partial charge in [-0.2, -0.15) is 0 Å². The van der Waals surface area contributed by atoms with Gasteiger partial charge in [0.1, 0.15) is 0 Å². The van der Waals surface area contributed by atoms with E-state index in [1.807, 2.05) is 23.8 Å². The van der Waals surface area contributed by atoms with Crippen LogP contribution in [0.5, 0.6) is 0 Å². The van der Waals surface area contributed by atoms with Crippen molar-refractivity contribution in [2.45, 2.75) is 45.2 Å². The number of piperidine rings is 1. The van der Waals surface area contributed by atoms with Crippen LogP contribution in [-0.4, -0.2) is 41.9 Å². The molecule has 22 heavy (non-hydrogen) atoms. The Kier molecular flexibility index (Phi) is 5.51. The van der Waals surface area contributed by atoms with E-state index in [-0.39, 0.29) is 24.5 Å². The minimum Gasteiger partial charge on any atom is -0.339 e. The van der Waals surface area contributed by atoms with Gasteiger partial charge in [-0.25, -0.2) is 8.78 Å². The molecule has 1 saturated heterocycles. The molecule has 0 aromatic heterocycles. The molecule has 1 aromatic carbocycles. The monoisotopic (exact) mass is 310 g/mol. The summed E-state index contributed by atoms with van der Waals surface area (Å²) in [4.78, 5) is 16.2. The second-order valence-corrected chi connectivity index (χ2v) is 6.20. The summed E-state index contributed by atoms with van der Waals surface area (Å²) in [5, 5.41) is 0. The molecule has 2 rings (SSSR count). The predicted octanol–water partition coefficient (Wildman–Crippen LogP) is 3.36. The number of likely N-dealkylation sites (tertiary alicyclic amines) is 1. The maximum absolute atomic E-state index is 13.3. The molecule has 2 unspecified atom stereocenters.